The van der Waals surface area contributed by atoms with Crippen molar-refractivity contribution in [3.63, 3.8) is 0 Å². The molecule has 1 aromatic carbocycles. The monoisotopic (exact) mass is 279 g/mol. The number of hydrogen-bond acceptors (Lipinski definition) is 5. The summed E-state index contributed by atoms with van der Waals surface area (Å²) in [5.74, 6) is 1.29. The third-order valence-corrected chi connectivity index (χ3v) is 4.26. The van der Waals surface area contributed by atoms with Gasteiger partial charge in [-0.1, -0.05) is 12.1 Å². The molecule has 1 aliphatic rings. The molecule has 1 aromatic rings. The average molecular weight is 279 g/mol. The third kappa shape index (κ3) is 3.96. The number of para-hydroxylation sites is 1. The van der Waals surface area contributed by atoms with Gasteiger partial charge in [-0.3, -0.25) is 4.99 Å². The van der Waals surface area contributed by atoms with E-state index in [1.54, 1.807) is 17.8 Å². The molecule has 0 amide bonds. The molecule has 0 saturated carbocycles. The summed E-state index contributed by atoms with van der Waals surface area (Å²) in [4.78, 5) is 6.99. The topological polar surface area (TPSA) is 61.8 Å². The van der Waals surface area contributed by atoms with E-state index < -0.39 is 0 Å². The van der Waals surface area contributed by atoms with Crippen molar-refractivity contribution in [1.29, 1.82) is 0 Å². The van der Waals surface area contributed by atoms with Gasteiger partial charge in [0.2, 0.25) is 0 Å². The van der Waals surface area contributed by atoms with Crippen LogP contribution in [0.4, 0.5) is 0 Å². The highest BCUT2D eigenvalue weighted by Gasteiger charge is 2.22. The number of phenols is 1. The van der Waals surface area contributed by atoms with Crippen LogP contribution in [0.3, 0.4) is 0 Å². The molecule has 0 spiro atoms. The summed E-state index contributed by atoms with van der Waals surface area (Å²) in [5.41, 5.74) is 6.36. The number of phenolic OH excluding ortho intramolecular Hbond substituents is 1. The standard InChI is InChI=1S/C14H21N3OS/c1-17(8-4-7-15)9-11-10-19-14(16-11)12-5-2-3-6-13(12)18/h2-3,5-6,11,18H,4,7-10,15H2,1H3/t11-/m1/s1. The number of aliphatic imine (C=N–C) groups is 1. The zero-order chi connectivity index (χ0) is 13.7. The molecule has 1 atom stereocenters. The number of thioether (sulfide) groups is 1. The summed E-state index contributed by atoms with van der Waals surface area (Å²) in [6.45, 7) is 2.69. The van der Waals surface area contributed by atoms with Gasteiger partial charge in [0.25, 0.3) is 0 Å². The molecule has 0 aliphatic carbocycles. The molecule has 19 heavy (non-hydrogen) atoms. The Bertz CT molecular complexity index is 450. The van der Waals surface area contributed by atoms with Gasteiger partial charge in [-0.05, 0) is 38.7 Å². The number of rotatable bonds is 6. The Labute approximate surface area is 118 Å². The summed E-state index contributed by atoms with van der Waals surface area (Å²) >= 11 is 1.72. The van der Waals surface area contributed by atoms with Crippen LogP contribution in [0.5, 0.6) is 5.75 Å². The van der Waals surface area contributed by atoms with Crippen molar-refractivity contribution >= 4 is 16.8 Å². The van der Waals surface area contributed by atoms with Crippen LogP contribution in [0.25, 0.3) is 0 Å². The molecule has 0 aromatic heterocycles. The Hall–Kier alpha value is -1.04. The van der Waals surface area contributed by atoms with Crippen molar-refractivity contribution in [1.82, 2.24) is 4.90 Å². The number of hydrogen-bond donors (Lipinski definition) is 2. The largest absolute Gasteiger partial charge is 0.507 e. The number of likely N-dealkylation sites (N-methyl/N-ethyl adjacent to an activating group) is 1. The Balaban J connectivity index is 1.95. The van der Waals surface area contributed by atoms with Crippen molar-refractivity contribution in [3.8, 4) is 5.75 Å². The summed E-state index contributed by atoms with van der Waals surface area (Å²) in [5, 5.41) is 10.8. The maximum atomic E-state index is 9.84. The highest BCUT2D eigenvalue weighted by atomic mass is 32.2. The van der Waals surface area contributed by atoms with E-state index >= 15 is 0 Å². The van der Waals surface area contributed by atoms with Gasteiger partial charge >= 0.3 is 0 Å². The third-order valence-electron chi connectivity index (χ3n) is 3.11. The molecule has 0 bridgehead atoms. The van der Waals surface area contributed by atoms with Gasteiger partial charge in [0.1, 0.15) is 10.8 Å². The lowest BCUT2D eigenvalue weighted by molar-refractivity contribution is 0.318. The van der Waals surface area contributed by atoms with Crippen LogP contribution in [0.15, 0.2) is 29.3 Å². The SMILES string of the molecule is CN(CCCN)C[C@@H]1CSC(c2ccccc2O)=N1. The van der Waals surface area contributed by atoms with E-state index in [0.29, 0.717) is 11.8 Å². The van der Waals surface area contributed by atoms with Gasteiger partial charge < -0.3 is 15.7 Å². The van der Waals surface area contributed by atoms with Gasteiger partial charge in [0.15, 0.2) is 0 Å². The smallest absolute Gasteiger partial charge is 0.125 e. The highest BCUT2D eigenvalue weighted by molar-refractivity contribution is 8.14. The van der Waals surface area contributed by atoms with Crippen molar-refractivity contribution in [2.45, 2.75) is 12.5 Å². The summed E-state index contributed by atoms with van der Waals surface area (Å²) in [7, 11) is 2.10. The van der Waals surface area contributed by atoms with Crippen LogP contribution in [-0.4, -0.2) is 53.5 Å². The summed E-state index contributed by atoms with van der Waals surface area (Å²) in [6, 6.07) is 7.69. The van der Waals surface area contributed by atoms with E-state index in [4.69, 9.17) is 10.7 Å². The normalized spacial score (nSPS) is 18.9. The maximum Gasteiger partial charge on any atom is 0.125 e. The molecule has 104 valence electrons. The molecule has 5 heteroatoms. The Kier molecular flexibility index (Phi) is 5.24. The zero-order valence-corrected chi connectivity index (χ0v) is 12.1. The molecule has 1 aliphatic heterocycles. The van der Waals surface area contributed by atoms with Gasteiger partial charge in [-0.25, -0.2) is 0 Å². The molecule has 4 nitrogen and oxygen atoms in total. The minimum Gasteiger partial charge on any atom is -0.507 e. The van der Waals surface area contributed by atoms with Gasteiger partial charge in [-0.15, -0.1) is 11.8 Å². The highest BCUT2D eigenvalue weighted by Crippen LogP contribution is 2.28. The number of aromatic hydroxyl groups is 1. The molecular weight excluding hydrogens is 258 g/mol. The first kappa shape index (κ1) is 14.4. The second kappa shape index (κ2) is 6.93. The van der Waals surface area contributed by atoms with E-state index in [2.05, 4.69) is 11.9 Å². The zero-order valence-electron chi connectivity index (χ0n) is 11.2. The number of benzene rings is 1. The van der Waals surface area contributed by atoms with Gasteiger partial charge in [-0.2, -0.15) is 0 Å². The van der Waals surface area contributed by atoms with Crippen molar-refractivity contribution in [2.75, 3.05) is 32.4 Å². The second-order valence-corrected chi connectivity index (χ2v) is 5.83. The fourth-order valence-electron chi connectivity index (χ4n) is 2.12. The average Bonchev–Trinajstić information content (AvgIpc) is 2.85. The van der Waals surface area contributed by atoms with E-state index in [9.17, 15) is 5.11 Å². The quantitative estimate of drug-likeness (QED) is 0.829. The van der Waals surface area contributed by atoms with E-state index in [-0.39, 0.29) is 0 Å². The summed E-state index contributed by atoms with van der Waals surface area (Å²) in [6.07, 6.45) is 1.02. The molecule has 2 rings (SSSR count). The molecule has 0 unspecified atom stereocenters. The predicted molar refractivity (Wildman–Crippen MR) is 82.1 cm³/mol. The molecule has 0 saturated heterocycles. The predicted octanol–water partition coefficient (Wildman–Crippen LogP) is 1.53. The fourth-order valence-corrected chi connectivity index (χ4v) is 3.20. The lowest BCUT2D eigenvalue weighted by Crippen LogP contribution is -2.30. The number of nitrogens with zero attached hydrogens (tertiary/aromatic N) is 2. The van der Waals surface area contributed by atoms with Crippen LogP contribution < -0.4 is 5.73 Å². The Morgan fingerprint density at radius 1 is 1.47 bits per heavy atom. The van der Waals surface area contributed by atoms with Crippen molar-refractivity contribution < 1.29 is 5.11 Å². The lowest BCUT2D eigenvalue weighted by atomic mass is 10.2. The first-order valence-corrected chi connectivity index (χ1v) is 7.57. The van der Waals surface area contributed by atoms with Crippen LogP contribution in [0, 0.1) is 0 Å². The van der Waals surface area contributed by atoms with Gasteiger partial charge in [0.05, 0.1) is 6.04 Å². The molecule has 3 N–H and O–H groups in total. The van der Waals surface area contributed by atoms with E-state index in [0.717, 1.165) is 42.4 Å². The summed E-state index contributed by atoms with van der Waals surface area (Å²) < 4.78 is 0. The Morgan fingerprint density at radius 3 is 3.00 bits per heavy atom. The van der Waals surface area contributed by atoms with Crippen LogP contribution in [0.1, 0.15) is 12.0 Å². The van der Waals surface area contributed by atoms with Crippen LogP contribution in [-0.2, 0) is 0 Å². The first-order chi connectivity index (χ1) is 9.20. The minimum absolute atomic E-state index is 0.308. The molecule has 1 heterocycles. The fraction of sp³-hybridized carbons (Fsp3) is 0.500. The van der Waals surface area contributed by atoms with E-state index in [1.165, 1.54) is 0 Å². The lowest BCUT2D eigenvalue weighted by Gasteiger charge is -2.18. The number of nitrogens with two attached hydrogens (primary N) is 1. The molecule has 0 radical (unpaired) electrons. The van der Waals surface area contributed by atoms with E-state index in [1.807, 2.05) is 18.2 Å². The molecular formula is C14H21N3OS. The van der Waals surface area contributed by atoms with Crippen LogP contribution in [0.2, 0.25) is 0 Å². The minimum atomic E-state index is 0.308. The van der Waals surface area contributed by atoms with Crippen LogP contribution >= 0.6 is 11.8 Å². The van der Waals surface area contributed by atoms with Gasteiger partial charge in [0, 0.05) is 17.9 Å². The Morgan fingerprint density at radius 2 is 2.26 bits per heavy atom. The first-order valence-electron chi connectivity index (χ1n) is 6.58. The maximum absolute atomic E-state index is 9.84. The van der Waals surface area contributed by atoms with Crippen molar-refractivity contribution in [2.24, 2.45) is 10.7 Å². The van der Waals surface area contributed by atoms with Crippen molar-refractivity contribution in [3.05, 3.63) is 29.8 Å². The molecule has 0 fully saturated rings. The second-order valence-electron chi connectivity index (χ2n) is 4.82.